The van der Waals surface area contributed by atoms with Crippen molar-refractivity contribution in [1.82, 2.24) is 0 Å². The largest absolute Gasteiger partial charge is 0.491 e. The average molecular weight is 255 g/mol. The number of benzene rings is 1. The van der Waals surface area contributed by atoms with E-state index in [1.54, 1.807) is 12.1 Å². The zero-order valence-electron chi connectivity index (χ0n) is 10.3. The Balaban J connectivity index is 2.49. The predicted octanol–water partition coefficient (Wildman–Crippen LogP) is 2.03. The minimum absolute atomic E-state index is 0.0212. The summed E-state index contributed by atoms with van der Waals surface area (Å²) in [6.45, 7) is 2.11. The molecule has 2 atom stereocenters. The van der Waals surface area contributed by atoms with Gasteiger partial charge in [0.1, 0.15) is 11.6 Å². The average Bonchev–Trinajstić information content (AvgIpc) is 2.27. The summed E-state index contributed by atoms with van der Waals surface area (Å²) >= 11 is 0. The normalized spacial score (nSPS) is 13.9. The van der Waals surface area contributed by atoms with Crippen LogP contribution in [-0.4, -0.2) is 23.7 Å². The Kier molecular flexibility index (Phi) is 5.58. The standard InChI is InChI=1S/C13H18FNO3/c1-9(5-10(8-15)6-13(16)17)18-12-4-2-3-11(14)7-12/h2-4,7,9-10H,5-6,8,15H2,1H3,(H,16,17)/t9-,10-/m0/s1. The number of hydrogen-bond donors (Lipinski definition) is 2. The second-order valence-electron chi connectivity index (χ2n) is 4.32. The van der Waals surface area contributed by atoms with E-state index in [2.05, 4.69) is 0 Å². The highest BCUT2D eigenvalue weighted by Crippen LogP contribution is 2.18. The minimum Gasteiger partial charge on any atom is -0.491 e. The lowest BCUT2D eigenvalue weighted by molar-refractivity contribution is -0.138. The topological polar surface area (TPSA) is 72.6 Å². The summed E-state index contributed by atoms with van der Waals surface area (Å²) in [5.74, 6) is -0.927. The second-order valence-corrected chi connectivity index (χ2v) is 4.32. The maximum atomic E-state index is 12.9. The summed E-state index contributed by atoms with van der Waals surface area (Å²) < 4.78 is 18.5. The molecule has 0 spiro atoms. The Hall–Kier alpha value is -1.62. The number of carboxylic acid groups (broad SMARTS) is 1. The van der Waals surface area contributed by atoms with Crippen LogP contribution in [0.1, 0.15) is 19.8 Å². The summed E-state index contributed by atoms with van der Waals surface area (Å²) in [6, 6.07) is 5.86. The molecule has 0 fully saturated rings. The summed E-state index contributed by atoms with van der Waals surface area (Å²) in [5, 5.41) is 8.71. The van der Waals surface area contributed by atoms with Crippen molar-refractivity contribution >= 4 is 5.97 Å². The molecular formula is C13H18FNO3. The van der Waals surface area contributed by atoms with Crippen molar-refractivity contribution in [2.24, 2.45) is 11.7 Å². The monoisotopic (exact) mass is 255 g/mol. The fourth-order valence-corrected chi connectivity index (χ4v) is 1.80. The molecule has 0 radical (unpaired) electrons. The van der Waals surface area contributed by atoms with Gasteiger partial charge in [0, 0.05) is 12.5 Å². The predicted molar refractivity (Wildman–Crippen MR) is 65.9 cm³/mol. The van der Waals surface area contributed by atoms with Crippen LogP contribution in [0.3, 0.4) is 0 Å². The van der Waals surface area contributed by atoms with E-state index in [0.717, 1.165) is 0 Å². The van der Waals surface area contributed by atoms with Crippen molar-refractivity contribution in [2.45, 2.75) is 25.9 Å². The first kappa shape index (κ1) is 14.4. The molecule has 0 aromatic heterocycles. The molecule has 1 aromatic carbocycles. The highest BCUT2D eigenvalue weighted by Gasteiger charge is 2.16. The van der Waals surface area contributed by atoms with Gasteiger partial charge in [-0.05, 0) is 37.9 Å². The molecule has 1 aromatic rings. The van der Waals surface area contributed by atoms with Gasteiger partial charge in [-0.2, -0.15) is 0 Å². The molecule has 0 amide bonds. The molecule has 5 heteroatoms. The smallest absolute Gasteiger partial charge is 0.303 e. The van der Waals surface area contributed by atoms with Gasteiger partial charge in [0.25, 0.3) is 0 Å². The number of carbonyl (C=O) groups is 1. The van der Waals surface area contributed by atoms with Gasteiger partial charge in [-0.3, -0.25) is 4.79 Å². The van der Waals surface area contributed by atoms with Gasteiger partial charge in [-0.15, -0.1) is 0 Å². The molecule has 18 heavy (non-hydrogen) atoms. The van der Waals surface area contributed by atoms with E-state index in [1.807, 2.05) is 6.92 Å². The van der Waals surface area contributed by atoms with Crippen LogP contribution in [0.4, 0.5) is 4.39 Å². The fraction of sp³-hybridized carbons (Fsp3) is 0.462. The van der Waals surface area contributed by atoms with Crippen LogP contribution in [0, 0.1) is 11.7 Å². The van der Waals surface area contributed by atoms with Crippen LogP contribution in [0.15, 0.2) is 24.3 Å². The Morgan fingerprint density at radius 2 is 2.28 bits per heavy atom. The maximum Gasteiger partial charge on any atom is 0.303 e. The molecule has 0 aliphatic carbocycles. The molecule has 1 rings (SSSR count). The quantitative estimate of drug-likeness (QED) is 0.782. The lowest BCUT2D eigenvalue weighted by atomic mass is 9.99. The van der Waals surface area contributed by atoms with Crippen molar-refractivity contribution in [3.63, 3.8) is 0 Å². The van der Waals surface area contributed by atoms with Gasteiger partial charge in [-0.1, -0.05) is 6.07 Å². The van der Waals surface area contributed by atoms with Gasteiger partial charge in [0.2, 0.25) is 0 Å². The lowest BCUT2D eigenvalue weighted by Crippen LogP contribution is -2.24. The SMILES string of the molecule is C[C@@H](C[C@H](CN)CC(=O)O)Oc1cccc(F)c1. The second kappa shape index (κ2) is 6.96. The highest BCUT2D eigenvalue weighted by atomic mass is 19.1. The molecule has 0 bridgehead atoms. The minimum atomic E-state index is -0.872. The van der Waals surface area contributed by atoms with E-state index in [4.69, 9.17) is 15.6 Å². The van der Waals surface area contributed by atoms with Crippen LogP contribution in [0.5, 0.6) is 5.75 Å². The van der Waals surface area contributed by atoms with Crippen molar-refractivity contribution in [3.05, 3.63) is 30.1 Å². The Morgan fingerprint density at radius 1 is 1.56 bits per heavy atom. The first-order valence-corrected chi connectivity index (χ1v) is 5.85. The van der Waals surface area contributed by atoms with Crippen LogP contribution >= 0.6 is 0 Å². The maximum absolute atomic E-state index is 12.9. The number of rotatable bonds is 7. The number of ether oxygens (including phenoxy) is 1. The number of carboxylic acids is 1. The van der Waals surface area contributed by atoms with Crippen LogP contribution in [-0.2, 0) is 4.79 Å². The summed E-state index contributed by atoms with van der Waals surface area (Å²) in [6.07, 6.45) is 0.340. The van der Waals surface area contributed by atoms with E-state index in [9.17, 15) is 9.18 Å². The van der Waals surface area contributed by atoms with Crippen molar-refractivity contribution in [2.75, 3.05) is 6.54 Å². The lowest BCUT2D eigenvalue weighted by Gasteiger charge is -2.19. The first-order valence-electron chi connectivity index (χ1n) is 5.85. The third-order valence-electron chi connectivity index (χ3n) is 2.60. The van der Waals surface area contributed by atoms with E-state index in [1.165, 1.54) is 12.1 Å². The summed E-state index contributed by atoms with van der Waals surface area (Å²) in [5.41, 5.74) is 5.51. The van der Waals surface area contributed by atoms with Crippen molar-refractivity contribution in [1.29, 1.82) is 0 Å². The molecule has 100 valence electrons. The van der Waals surface area contributed by atoms with Gasteiger partial charge < -0.3 is 15.6 Å². The summed E-state index contributed by atoms with van der Waals surface area (Å²) in [7, 11) is 0. The number of halogens is 1. The molecule has 0 saturated carbocycles. The summed E-state index contributed by atoms with van der Waals surface area (Å²) in [4.78, 5) is 10.6. The van der Waals surface area contributed by atoms with E-state index >= 15 is 0 Å². The Morgan fingerprint density at radius 3 is 2.83 bits per heavy atom. The first-order chi connectivity index (χ1) is 8.51. The molecule has 0 heterocycles. The third kappa shape index (κ3) is 5.14. The molecule has 0 saturated heterocycles. The van der Waals surface area contributed by atoms with Gasteiger partial charge in [0.05, 0.1) is 6.10 Å². The van der Waals surface area contributed by atoms with Crippen molar-refractivity contribution < 1.29 is 19.0 Å². The zero-order chi connectivity index (χ0) is 13.5. The Bertz CT molecular complexity index is 398. The van der Waals surface area contributed by atoms with Crippen LogP contribution < -0.4 is 10.5 Å². The van der Waals surface area contributed by atoms with Crippen LogP contribution in [0.2, 0.25) is 0 Å². The molecular weight excluding hydrogens is 237 g/mol. The molecule has 0 aliphatic heterocycles. The number of hydrogen-bond acceptors (Lipinski definition) is 3. The number of nitrogens with two attached hydrogens (primary N) is 1. The van der Waals surface area contributed by atoms with Crippen LogP contribution in [0.25, 0.3) is 0 Å². The van der Waals surface area contributed by atoms with Gasteiger partial charge in [0.15, 0.2) is 0 Å². The third-order valence-corrected chi connectivity index (χ3v) is 2.60. The molecule has 0 aliphatic rings. The molecule has 3 N–H and O–H groups in total. The molecule has 4 nitrogen and oxygen atoms in total. The zero-order valence-corrected chi connectivity index (χ0v) is 10.3. The van der Waals surface area contributed by atoms with Gasteiger partial charge >= 0.3 is 5.97 Å². The Labute approximate surface area is 106 Å². The van der Waals surface area contributed by atoms with E-state index in [0.29, 0.717) is 18.7 Å². The van der Waals surface area contributed by atoms with E-state index in [-0.39, 0.29) is 24.3 Å². The van der Waals surface area contributed by atoms with Crippen molar-refractivity contribution in [3.8, 4) is 5.75 Å². The fourth-order valence-electron chi connectivity index (χ4n) is 1.80. The highest BCUT2D eigenvalue weighted by molar-refractivity contribution is 5.67. The van der Waals surface area contributed by atoms with E-state index < -0.39 is 5.97 Å². The number of aliphatic carboxylic acids is 1. The van der Waals surface area contributed by atoms with Gasteiger partial charge in [-0.25, -0.2) is 4.39 Å². The molecule has 0 unspecified atom stereocenters.